The minimum Gasteiger partial charge on any atom is -0.497 e. The zero-order chi connectivity index (χ0) is 16.5. The van der Waals surface area contributed by atoms with Gasteiger partial charge in [0.05, 0.1) is 12.8 Å². The van der Waals surface area contributed by atoms with Crippen molar-refractivity contribution >= 4 is 5.91 Å². The largest absolute Gasteiger partial charge is 0.497 e. The summed E-state index contributed by atoms with van der Waals surface area (Å²) in [5.41, 5.74) is 2.21. The number of nitrogens with one attached hydrogen (secondary N) is 2. The molecule has 2 N–H and O–H groups in total. The van der Waals surface area contributed by atoms with Gasteiger partial charge in [-0.1, -0.05) is 25.0 Å². The van der Waals surface area contributed by atoms with Crippen molar-refractivity contribution in [1.82, 2.24) is 15.5 Å². The van der Waals surface area contributed by atoms with E-state index in [1.807, 2.05) is 30.3 Å². The molecule has 1 aromatic heterocycles. The number of carbonyl (C=O) groups excluding carboxylic acids is 1. The van der Waals surface area contributed by atoms with Crippen LogP contribution in [-0.2, 0) is 0 Å². The minimum absolute atomic E-state index is 0.0470. The molecule has 5 nitrogen and oxygen atoms in total. The van der Waals surface area contributed by atoms with Gasteiger partial charge in [-0.05, 0) is 49.3 Å². The molecule has 4 rings (SSSR count). The van der Waals surface area contributed by atoms with Crippen molar-refractivity contribution in [1.29, 1.82) is 0 Å². The molecule has 2 aliphatic rings. The van der Waals surface area contributed by atoms with Crippen LogP contribution in [0.15, 0.2) is 30.3 Å². The van der Waals surface area contributed by atoms with E-state index in [0.29, 0.717) is 17.7 Å². The molecule has 1 amide bonds. The van der Waals surface area contributed by atoms with E-state index in [2.05, 4.69) is 15.5 Å². The predicted octanol–water partition coefficient (Wildman–Crippen LogP) is 3.39. The Labute approximate surface area is 141 Å². The lowest BCUT2D eigenvalue weighted by Crippen LogP contribution is -2.37. The van der Waals surface area contributed by atoms with Gasteiger partial charge >= 0.3 is 0 Å². The van der Waals surface area contributed by atoms with Crippen LogP contribution in [-0.4, -0.2) is 29.3 Å². The van der Waals surface area contributed by atoms with Crippen molar-refractivity contribution in [2.45, 2.75) is 38.1 Å². The smallest absolute Gasteiger partial charge is 0.269 e. The number of aromatic nitrogens is 2. The molecule has 5 heteroatoms. The van der Waals surface area contributed by atoms with Gasteiger partial charge in [0, 0.05) is 11.6 Å². The third-order valence-electron chi connectivity index (χ3n) is 5.59. The number of aromatic amines is 1. The molecule has 24 heavy (non-hydrogen) atoms. The fourth-order valence-corrected chi connectivity index (χ4v) is 4.36. The highest BCUT2D eigenvalue weighted by Crippen LogP contribution is 2.44. The number of fused-ring (bicyclic) bond motifs is 1. The number of benzene rings is 1. The van der Waals surface area contributed by atoms with E-state index in [0.717, 1.165) is 29.3 Å². The van der Waals surface area contributed by atoms with Crippen LogP contribution in [0.25, 0.3) is 11.3 Å². The lowest BCUT2D eigenvalue weighted by Gasteiger charge is -2.19. The molecule has 2 fully saturated rings. The Hall–Kier alpha value is -2.30. The maximum Gasteiger partial charge on any atom is 0.269 e. The third kappa shape index (κ3) is 2.79. The van der Waals surface area contributed by atoms with E-state index in [9.17, 15) is 4.79 Å². The maximum absolute atomic E-state index is 12.5. The molecule has 0 bridgehead atoms. The molecule has 0 radical (unpaired) electrons. The number of amides is 1. The lowest BCUT2D eigenvalue weighted by molar-refractivity contribution is 0.0921. The molecule has 1 aromatic carbocycles. The number of H-pyrrole nitrogens is 1. The summed E-state index contributed by atoms with van der Waals surface area (Å²) >= 11 is 0. The van der Waals surface area contributed by atoms with Crippen LogP contribution in [0.1, 0.15) is 42.6 Å². The van der Waals surface area contributed by atoms with Crippen LogP contribution in [0.2, 0.25) is 0 Å². The average Bonchev–Trinajstić information content (AvgIpc) is 3.33. The van der Waals surface area contributed by atoms with Crippen molar-refractivity contribution in [3.05, 3.63) is 36.0 Å². The summed E-state index contributed by atoms with van der Waals surface area (Å²) in [6.07, 6.45) is 6.27. The van der Waals surface area contributed by atoms with Gasteiger partial charge < -0.3 is 10.1 Å². The van der Waals surface area contributed by atoms with E-state index in [-0.39, 0.29) is 5.91 Å². The zero-order valence-corrected chi connectivity index (χ0v) is 13.9. The summed E-state index contributed by atoms with van der Waals surface area (Å²) in [6.45, 7) is 0. The molecule has 2 aromatic rings. The van der Waals surface area contributed by atoms with Crippen LogP contribution in [0.3, 0.4) is 0 Å². The molecule has 0 aliphatic heterocycles. The van der Waals surface area contributed by atoms with Crippen molar-refractivity contribution in [3.63, 3.8) is 0 Å². The van der Waals surface area contributed by atoms with Crippen molar-refractivity contribution in [2.24, 2.45) is 11.8 Å². The summed E-state index contributed by atoms with van der Waals surface area (Å²) in [5, 5.41) is 10.4. The molecular formula is C19H23N3O2. The van der Waals surface area contributed by atoms with Crippen LogP contribution in [0.5, 0.6) is 5.75 Å². The maximum atomic E-state index is 12.5. The van der Waals surface area contributed by atoms with E-state index in [1.165, 1.54) is 25.7 Å². The van der Waals surface area contributed by atoms with E-state index in [4.69, 9.17) is 4.74 Å². The minimum atomic E-state index is -0.0470. The number of ether oxygens (including phenoxy) is 1. The Morgan fingerprint density at radius 3 is 3.04 bits per heavy atom. The van der Waals surface area contributed by atoms with Crippen molar-refractivity contribution in [2.75, 3.05) is 7.11 Å². The fraction of sp³-hybridized carbons (Fsp3) is 0.474. The molecular weight excluding hydrogens is 302 g/mol. The molecule has 2 saturated carbocycles. The first-order valence-corrected chi connectivity index (χ1v) is 8.75. The van der Waals surface area contributed by atoms with Gasteiger partial charge in [-0.15, -0.1) is 0 Å². The topological polar surface area (TPSA) is 67.0 Å². The Morgan fingerprint density at radius 1 is 1.25 bits per heavy atom. The SMILES string of the molecule is COc1cccc(-c2cc(C(=O)N[C@@H]3CC[C@H]4CCC[C@H]43)[nH]n2)c1. The Balaban J connectivity index is 1.47. The van der Waals surface area contributed by atoms with Gasteiger partial charge in [-0.25, -0.2) is 0 Å². The van der Waals surface area contributed by atoms with Crippen molar-refractivity contribution in [3.8, 4) is 17.0 Å². The van der Waals surface area contributed by atoms with E-state index < -0.39 is 0 Å². The zero-order valence-electron chi connectivity index (χ0n) is 13.9. The molecule has 0 unspecified atom stereocenters. The third-order valence-corrected chi connectivity index (χ3v) is 5.59. The number of carbonyl (C=O) groups is 1. The predicted molar refractivity (Wildman–Crippen MR) is 91.9 cm³/mol. The number of methoxy groups -OCH3 is 1. The number of hydrogen-bond acceptors (Lipinski definition) is 3. The average molecular weight is 325 g/mol. The molecule has 3 atom stereocenters. The van der Waals surface area contributed by atoms with Crippen LogP contribution in [0.4, 0.5) is 0 Å². The van der Waals surface area contributed by atoms with Gasteiger partial charge in [0.15, 0.2) is 0 Å². The second-order valence-corrected chi connectivity index (χ2v) is 6.91. The van der Waals surface area contributed by atoms with Crippen LogP contribution in [0, 0.1) is 11.8 Å². The molecule has 2 aliphatic carbocycles. The summed E-state index contributed by atoms with van der Waals surface area (Å²) in [7, 11) is 1.64. The first-order chi connectivity index (χ1) is 11.7. The standard InChI is InChI=1S/C19H23N3O2/c1-24-14-6-2-5-13(10-14)17-11-18(22-21-17)19(23)20-16-9-8-12-4-3-7-15(12)16/h2,5-6,10-12,15-16H,3-4,7-9H2,1H3,(H,20,23)(H,21,22)/t12-,15-,16-/m1/s1. The molecule has 0 saturated heterocycles. The first kappa shape index (κ1) is 15.2. The highest BCUT2D eigenvalue weighted by Gasteiger charge is 2.39. The number of nitrogens with zero attached hydrogens (tertiary/aromatic N) is 1. The fourth-order valence-electron chi connectivity index (χ4n) is 4.36. The highest BCUT2D eigenvalue weighted by molar-refractivity contribution is 5.93. The van der Waals surface area contributed by atoms with E-state index in [1.54, 1.807) is 7.11 Å². The van der Waals surface area contributed by atoms with Gasteiger partial charge in [-0.3, -0.25) is 9.89 Å². The summed E-state index contributed by atoms with van der Waals surface area (Å²) in [5.74, 6) is 2.23. The quantitative estimate of drug-likeness (QED) is 0.905. The summed E-state index contributed by atoms with van der Waals surface area (Å²) < 4.78 is 5.24. The van der Waals surface area contributed by atoms with Crippen LogP contribution >= 0.6 is 0 Å². The molecule has 0 spiro atoms. The van der Waals surface area contributed by atoms with Gasteiger partial charge in [0.2, 0.25) is 0 Å². The number of rotatable bonds is 4. The van der Waals surface area contributed by atoms with Crippen molar-refractivity contribution < 1.29 is 9.53 Å². The normalized spacial score (nSPS) is 25.5. The van der Waals surface area contributed by atoms with Gasteiger partial charge in [0.25, 0.3) is 5.91 Å². The summed E-state index contributed by atoms with van der Waals surface area (Å²) in [4.78, 5) is 12.5. The number of hydrogen-bond donors (Lipinski definition) is 2. The molecule has 1 heterocycles. The van der Waals surface area contributed by atoms with Gasteiger partial charge in [0.1, 0.15) is 11.4 Å². The second kappa shape index (κ2) is 6.30. The molecule has 126 valence electrons. The first-order valence-electron chi connectivity index (χ1n) is 8.75. The van der Waals surface area contributed by atoms with Gasteiger partial charge in [-0.2, -0.15) is 5.10 Å². The Morgan fingerprint density at radius 2 is 2.17 bits per heavy atom. The van der Waals surface area contributed by atoms with Crippen LogP contribution < -0.4 is 10.1 Å². The lowest BCUT2D eigenvalue weighted by atomic mass is 9.97. The highest BCUT2D eigenvalue weighted by atomic mass is 16.5. The summed E-state index contributed by atoms with van der Waals surface area (Å²) in [6, 6.07) is 9.82. The van der Waals surface area contributed by atoms with E-state index >= 15 is 0 Å². The Bertz CT molecular complexity index is 740. The second-order valence-electron chi connectivity index (χ2n) is 6.91. The Kier molecular flexibility index (Phi) is 4.00. The monoisotopic (exact) mass is 325 g/mol.